The number of carbonyl (C=O) groups excluding carboxylic acids is 2. The molecule has 5 heteroatoms. The van der Waals surface area contributed by atoms with Crippen molar-refractivity contribution in [3.63, 3.8) is 0 Å². The highest BCUT2D eigenvalue weighted by Gasteiger charge is 2.15. The van der Waals surface area contributed by atoms with Crippen LogP contribution in [-0.4, -0.2) is 30.3 Å². The molecule has 0 atom stereocenters. The fourth-order valence-corrected chi connectivity index (χ4v) is 2.51. The molecule has 0 aliphatic rings. The number of nitrogens with zero attached hydrogens (tertiary/aromatic N) is 1. The van der Waals surface area contributed by atoms with Crippen molar-refractivity contribution < 1.29 is 9.59 Å². The van der Waals surface area contributed by atoms with Crippen molar-refractivity contribution in [2.24, 2.45) is 0 Å². The average Bonchev–Trinajstić information content (AvgIpc) is 2.48. The van der Waals surface area contributed by atoms with Crippen LogP contribution in [0.5, 0.6) is 0 Å². The SMILES string of the molecule is Cc1ccc(NC(=O)CN(C)C(=O)c2cccc(I)c2)cc1. The topological polar surface area (TPSA) is 49.4 Å². The monoisotopic (exact) mass is 408 g/mol. The lowest BCUT2D eigenvalue weighted by molar-refractivity contribution is -0.116. The summed E-state index contributed by atoms with van der Waals surface area (Å²) in [7, 11) is 1.62. The molecular formula is C17H17IN2O2. The van der Waals surface area contributed by atoms with Gasteiger partial charge in [0.2, 0.25) is 5.91 Å². The second-order valence-electron chi connectivity index (χ2n) is 5.09. The van der Waals surface area contributed by atoms with Gasteiger partial charge in [-0.25, -0.2) is 0 Å². The summed E-state index contributed by atoms with van der Waals surface area (Å²) in [5.74, 6) is -0.386. The summed E-state index contributed by atoms with van der Waals surface area (Å²) in [5.41, 5.74) is 2.44. The van der Waals surface area contributed by atoms with Gasteiger partial charge in [0.05, 0.1) is 6.54 Å². The van der Waals surface area contributed by atoms with Crippen molar-refractivity contribution in [2.45, 2.75) is 6.92 Å². The summed E-state index contributed by atoms with van der Waals surface area (Å²) in [6, 6.07) is 14.8. The third-order valence-corrected chi connectivity index (χ3v) is 3.81. The van der Waals surface area contributed by atoms with Crippen LogP contribution in [0.15, 0.2) is 48.5 Å². The highest BCUT2D eigenvalue weighted by atomic mass is 127. The van der Waals surface area contributed by atoms with Gasteiger partial charge in [-0.1, -0.05) is 23.8 Å². The third-order valence-electron chi connectivity index (χ3n) is 3.13. The molecule has 4 nitrogen and oxygen atoms in total. The van der Waals surface area contributed by atoms with Gasteiger partial charge in [-0.05, 0) is 59.8 Å². The molecule has 0 aliphatic heterocycles. The van der Waals surface area contributed by atoms with E-state index in [1.807, 2.05) is 43.3 Å². The van der Waals surface area contributed by atoms with Crippen LogP contribution in [0.25, 0.3) is 0 Å². The summed E-state index contributed by atoms with van der Waals surface area (Å²) in [6.45, 7) is 2.00. The molecule has 0 heterocycles. The number of hydrogen-bond donors (Lipinski definition) is 1. The molecule has 0 unspecified atom stereocenters. The molecule has 0 aliphatic carbocycles. The van der Waals surface area contributed by atoms with E-state index < -0.39 is 0 Å². The molecule has 2 rings (SSSR count). The van der Waals surface area contributed by atoms with Gasteiger partial charge in [0.25, 0.3) is 5.91 Å². The van der Waals surface area contributed by atoms with Gasteiger partial charge in [-0.2, -0.15) is 0 Å². The first-order chi connectivity index (χ1) is 10.5. The fourth-order valence-electron chi connectivity index (χ4n) is 1.97. The first kappa shape index (κ1) is 16.5. The Labute approximate surface area is 143 Å². The normalized spacial score (nSPS) is 10.1. The quantitative estimate of drug-likeness (QED) is 0.790. The molecule has 1 N–H and O–H groups in total. The Balaban J connectivity index is 1.96. The molecule has 0 aromatic heterocycles. The first-order valence-corrected chi connectivity index (χ1v) is 7.91. The number of carbonyl (C=O) groups is 2. The lowest BCUT2D eigenvalue weighted by Crippen LogP contribution is -2.34. The third kappa shape index (κ3) is 4.56. The highest BCUT2D eigenvalue weighted by molar-refractivity contribution is 14.1. The molecule has 2 amide bonds. The number of aryl methyl sites for hydroxylation is 1. The Bertz CT molecular complexity index is 683. The van der Waals surface area contributed by atoms with Crippen LogP contribution in [0.3, 0.4) is 0 Å². The van der Waals surface area contributed by atoms with Gasteiger partial charge < -0.3 is 10.2 Å². The highest BCUT2D eigenvalue weighted by Crippen LogP contribution is 2.11. The van der Waals surface area contributed by atoms with E-state index in [0.717, 1.165) is 14.8 Å². The zero-order chi connectivity index (χ0) is 16.1. The predicted octanol–water partition coefficient (Wildman–Crippen LogP) is 3.31. The molecule has 2 aromatic carbocycles. The predicted molar refractivity (Wildman–Crippen MR) is 95.9 cm³/mol. The van der Waals surface area contributed by atoms with Crippen LogP contribution in [0.4, 0.5) is 5.69 Å². The van der Waals surface area contributed by atoms with E-state index in [4.69, 9.17) is 0 Å². The lowest BCUT2D eigenvalue weighted by atomic mass is 10.2. The van der Waals surface area contributed by atoms with Crippen LogP contribution >= 0.6 is 22.6 Å². The van der Waals surface area contributed by atoms with Crippen molar-refractivity contribution in [3.8, 4) is 0 Å². The molecule has 0 saturated heterocycles. The zero-order valence-corrected chi connectivity index (χ0v) is 14.6. The standard InChI is InChI=1S/C17H17IN2O2/c1-12-6-8-15(9-7-12)19-16(21)11-20(2)17(22)13-4-3-5-14(18)10-13/h3-10H,11H2,1-2H3,(H,19,21). The Morgan fingerprint density at radius 2 is 1.82 bits per heavy atom. The smallest absolute Gasteiger partial charge is 0.254 e. The molecule has 22 heavy (non-hydrogen) atoms. The molecule has 0 fully saturated rings. The van der Waals surface area contributed by atoms with Gasteiger partial charge in [0.15, 0.2) is 0 Å². The largest absolute Gasteiger partial charge is 0.332 e. The summed E-state index contributed by atoms with van der Waals surface area (Å²) in [4.78, 5) is 25.7. The molecule has 0 bridgehead atoms. The molecule has 0 saturated carbocycles. The minimum absolute atomic E-state index is 0.0121. The van der Waals surface area contributed by atoms with Crippen molar-refractivity contribution in [1.29, 1.82) is 0 Å². The van der Waals surface area contributed by atoms with E-state index in [1.54, 1.807) is 19.2 Å². The first-order valence-electron chi connectivity index (χ1n) is 6.83. The fraction of sp³-hybridized carbons (Fsp3) is 0.176. The number of anilines is 1. The van der Waals surface area contributed by atoms with Crippen molar-refractivity contribution in [2.75, 3.05) is 18.9 Å². The van der Waals surface area contributed by atoms with Crippen molar-refractivity contribution in [1.82, 2.24) is 4.90 Å². The summed E-state index contributed by atoms with van der Waals surface area (Å²) < 4.78 is 0.987. The van der Waals surface area contributed by atoms with Crippen molar-refractivity contribution >= 4 is 40.1 Å². The Morgan fingerprint density at radius 3 is 2.45 bits per heavy atom. The molecule has 0 radical (unpaired) electrons. The lowest BCUT2D eigenvalue weighted by Gasteiger charge is -2.17. The number of benzene rings is 2. The van der Waals surface area contributed by atoms with Crippen LogP contribution in [0.1, 0.15) is 15.9 Å². The van der Waals surface area contributed by atoms with E-state index in [1.165, 1.54) is 4.90 Å². The van der Waals surface area contributed by atoms with Gasteiger partial charge >= 0.3 is 0 Å². The maximum atomic E-state index is 12.3. The molecule has 114 valence electrons. The maximum absolute atomic E-state index is 12.3. The summed E-state index contributed by atoms with van der Waals surface area (Å²) in [5, 5.41) is 2.78. The number of halogens is 1. The van der Waals surface area contributed by atoms with E-state index >= 15 is 0 Å². The number of hydrogen-bond acceptors (Lipinski definition) is 2. The molecular weight excluding hydrogens is 391 g/mol. The average molecular weight is 408 g/mol. The van der Waals surface area contributed by atoms with E-state index in [-0.39, 0.29) is 18.4 Å². The summed E-state index contributed by atoms with van der Waals surface area (Å²) in [6.07, 6.45) is 0. The Kier molecular flexibility index (Phi) is 5.54. The van der Waals surface area contributed by atoms with E-state index in [0.29, 0.717) is 5.56 Å². The second kappa shape index (κ2) is 7.40. The van der Waals surface area contributed by atoms with E-state index in [2.05, 4.69) is 27.9 Å². The number of nitrogens with one attached hydrogen (secondary N) is 1. The van der Waals surface area contributed by atoms with Crippen LogP contribution in [0, 0.1) is 10.5 Å². The second-order valence-corrected chi connectivity index (χ2v) is 6.33. The maximum Gasteiger partial charge on any atom is 0.254 e. The van der Waals surface area contributed by atoms with Gasteiger partial charge in [0.1, 0.15) is 0 Å². The van der Waals surface area contributed by atoms with Gasteiger partial charge in [-0.15, -0.1) is 0 Å². The van der Waals surface area contributed by atoms with Crippen LogP contribution in [-0.2, 0) is 4.79 Å². The van der Waals surface area contributed by atoms with Crippen molar-refractivity contribution in [3.05, 3.63) is 63.2 Å². The van der Waals surface area contributed by atoms with Gasteiger partial charge in [-0.3, -0.25) is 9.59 Å². The Hall–Kier alpha value is -1.89. The molecule has 2 aromatic rings. The number of amides is 2. The van der Waals surface area contributed by atoms with E-state index in [9.17, 15) is 9.59 Å². The summed E-state index contributed by atoms with van der Waals surface area (Å²) >= 11 is 2.16. The van der Waals surface area contributed by atoms with Crippen LogP contribution < -0.4 is 5.32 Å². The Morgan fingerprint density at radius 1 is 1.14 bits per heavy atom. The zero-order valence-electron chi connectivity index (χ0n) is 12.5. The minimum Gasteiger partial charge on any atom is -0.332 e. The van der Waals surface area contributed by atoms with Crippen LogP contribution in [0.2, 0.25) is 0 Å². The van der Waals surface area contributed by atoms with Gasteiger partial charge in [0, 0.05) is 21.9 Å². The minimum atomic E-state index is -0.217. The number of rotatable bonds is 4. The molecule has 0 spiro atoms. The number of likely N-dealkylation sites (N-methyl/N-ethyl adjacent to an activating group) is 1.